The molecule has 112 valence electrons. The molecule has 1 aliphatic rings. The molecule has 0 bridgehead atoms. The predicted molar refractivity (Wildman–Crippen MR) is 76.0 cm³/mol. The zero-order valence-electron chi connectivity index (χ0n) is 11.4. The molecular formula is C14H17N3O4. The number of piperidine rings is 1. The average molecular weight is 291 g/mol. The lowest BCUT2D eigenvalue weighted by Gasteiger charge is -2.33. The third kappa shape index (κ3) is 3.50. The second kappa shape index (κ2) is 6.25. The van der Waals surface area contributed by atoms with Gasteiger partial charge in [0.15, 0.2) is 0 Å². The summed E-state index contributed by atoms with van der Waals surface area (Å²) in [6.07, 6.45) is 2.08. The Kier molecular flexibility index (Phi) is 4.42. The van der Waals surface area contributed by atoms with Gasteiger partial charge in [0.2, 0.25) is 0 Å². The fourth-order valence-corrected chi connectivity index (χ4v) is 2.44. The van der Waals surface area contributed by atoms with E-state index in [1.807, 2.05) is 0 Å². The fraction of sp³-hybridized carbons (Fsp3) is 0.357. The molecule has 0 spiro atoms. The zero-order valence-corrected chi connectivity index (χ0v) is 11.4. The van der Waals surface area contributed by atoms with Crippen LogP contribution in [0.15, 0.2) is 24.3 Å². The molecule has 1 aliphatic heterocycles. The molecule has 21 heavy (non-hydrogen) atoms. The molecule has 3 amide bonds. The largest absolute Gasteiger partial charge is 0.480 e. The maximum absolute atomic E-state index is 12.4. The minimum Gasteiger partial charge on any atom is -0.480 e. The second-order valence-corrected chi connectivity index (χ2v) is 4.91. The number of anilines is 1. The monoisotopic (exact) mass is 291 g/mol. The summed E-state index contributed by atoms with van der Waals surface area (Å²) >= 11 is 0. The number of urea groups is 1. The van der Waals surface area contributed by atoms with Gasteiger partial charge in [-0.15, -0.1) is 0 Å². The summed E-state index contributed by atoms with van der Waals surface area (Å²) in [6, 6.07) is 4.74. The molecule has 7 heteroatoms. The molecule has 1 aromatic rings. The van der Waals surface area contributed by atoms with Crippen LogP contribution in [0.1, 0.15) is 29.6 Å². The van der Waals surface area contributed by atoms with Gasteiger partial charge in [0.25, 0.3) is 5.91 Å². The van der Waals surface area contributed by atoms with Crippen molar-refractivity contribution in [3.8, 4) is 0 Å². The smallest absolute Gasteiger partial charge is 0.326 e. The maximum Gasteiger partial charge on any atom is 0.326 e. The zero-order chi connectivity index (χ0) is 15.4. The van der Waals surface area contributed by atoms with Crippen molar-refractivity contribution in [1.82, 2.24) is 4.90 Å². The van der Waals surface area contributed by atoms with Gasteiger partial charge < -0.3 is 21.1 Å². The van der Waals surface area contributed by atoms with Gasteiger partial charge in [-0.1, -0.05) is 0 Å². The number of hydrogen-bond acceptors (Lipinski definition) is 3. The molecule has 1 atom stereocenters. The molecule has 4 N–H and O–H groups in total. The molecule has 7 nitrogen and oxygen atoms in total. The summed E-state index contributed by atoms with van der Waals surface area (Å²) in [6.45, 7) is 0.442. The van der Waals surface area contributed by atoms with Crippen LogP contribution < -0.4 is 11.1 Å². The standard InChI is InChI=1S/C14H17N3O4/c15-14(21)16-10-6-4-9(5-7-10)12(18)17-8-2-1-3-11(17)13(19)20/h4-7,11H,1-3,8H2,(H,19,20)(H3,15,16,21)/t11-/m1/s1. The third-order valence-corrected chi connectivity index (χ3v) is 3.45. The van der Waals surface area contributed by atoms with E-state index in [-0.39, 0.29) is 5.91 Å². The third-order valence-electron chi connectivity index (χ3n) is 3.45. The van der Waals surface area contributed by atoms with Crippen LogP contribution in [0.3, 0.4) is 0 Å². The summed E-state index contributed by atoms with van der Waals surface area (Å²) in [7, 11) is 0. The lowest BCUT2D eigenvalue weighted by molar-refractivity contribution is -0.143. The van der Waals surface area contributed by atoms with Gasteiger partial charge in [0.1, 0.15) is 6.04 Å². The summed E-state index contributed by atoms with van der Waals surface area (Å²) in [5.74, 6) is -1.29. The Morgan fingerprint density at radius 1 is 1.19 bits per heavy atom. The van der Waals surface area contributed by atoms with Crippen molar-refractivity contribution < 1.29 is 19.5 Å². The molecule has 1 heterocycles. The van der Waals surface area contributed by atoms with Gasteiger partial charge in [0, 0.05) is 17.8 Å². The number of primary amides is 1. The highest BCUT2D eigenvalue weighted by Gasteiger charge is 2.32. The van der Waals surface area contributed by atoms with Crippen molar-refractivity contribution in [1.29, 1.82) is 0 Å². The van der Waals surface area contributed by atoms with E-state index in [1.54, 1.807) is 24.3 Å². The van der Waals surface area contributed by atoms with E-state index < -0.39 is 18.0 Å². The van der Waals surface area contributed by atoms with Crippen LogP contribution in [-0.2, 0) is 4.79 Å². The van der Waals surface area contributed by atoms with Gasteiger partial charge in [-0.25, -0.2) is 9.59 Å². The quantitative estimate of drug-likeness (QED) is 0.778. The van der Waals surface area contributed by atoms with Gasteiger partial charge >= 0.3 is 12.0 Å². The number of benzene rings is 1. The van der Waals surface area contributed by atoms with E-state index in [4.69, 9.17) is 5.73 Å². The van der Waals surface area contributed by atoms with E-state index in [1.165, 1.54) is 4.90 Å². The molecule has 0 aromatic heterocycles. The molecule has 1 fully saturated rings. The number of nitrogens with two attached hydrogens (primary N) is 1. The summed E-state index contributed by atoms with van der Waals surface area (Å²) < 4.78 is 0. The van der Waals surface area contributed by atoms with Crippen LogP contribution in [0.5, 0.6) is 0 Å². The summed E-state index contributed by atoms with van der Waals surface area (Å²) in [5, 5.41) is 11.6. The molecule has 1 aromatic carbocycles. The molecule has 0 unspecified atom stereocenters. The highest BCUT2D eigenvalue weighted by atomic mass is 16.4. The van der Waals surface area contributed by atoms with E-state index in [9.17, 15) is 19.5 Å². The molecule has 1 saturated heterocycles. The summed E-state index contributed by atoms with van der Waals surface area (Å²) in [4.78, 5) is 35.7. The van der Waals surface area contributed by atoms with Gasteiger partial charge in [-0.2, -0.15) is 0 Å². The first-order chi connectivity index (χ1) is 9.99. The number of nitrogens with zero attached hydrogens (tertiary/aromatic N) is 1. The molecule has 2 rings (SSSR count). The topological polar surface area (TPSA) is 113 Å². The lowest BCUT2D eigenvalue weighted by Crippen LogP contribution is -2.47. The number of amides is 3. The second-order valence-electron chi connectivity index (χ2n) is 4.91. The normalized spacial score (nSPS) is 18.1. The molecule has 0 aliphatic carbocycles. The number of carbonyl (C=O) groups excluding carboxylic acids is 2. The summed E-state index contributed by atoms with van der Waals surface area (Å²) in [5.41, 5.74) is 5.87. The highest BCUT2D eigenvalue weighted by Crippen LogP contribution is 2.20. The van der Waals surface area contributed by atoms with Crippen LogP contribution in [-0.4, -0.2) is 40.5 Å². The van der Waals surface area contributed by atoms with Crippen molar-refractivity contribution in [3.63, 3.8) is 0 Å². The average Bonchev–Trinajstić information content (AvgIpc) is 2.46. The van der Waals surface area contributed by atoms with Crippen LogP contribution in [0, 0.1) is 0 Å². The van der Waals surface area contributed by atoms with Gasteiger partial charge in [-0.05, 0) is 43.5 Å². The number of aliphatic carboxylic acids is 1. The fourth-order valence-electron chi connectivity index (χ4n) is 2.44. The van der Waals surface area contributed by atoms with Crippen molar-refractivity contribution in [2.45, 2.75) is 25.3 Å². The number of hydrogen-bond donors (Lipinski definition) is 3. The number of carbonyl (C=O) groups is 3. The Bertz CT molecular complexity index is 556. The van der Waals surface area contributed by atoms with Crippen molar-refractivity contribution in [2.24, 2.45) is 5.73 Å². The minimum atomic E-state index is -0.977. The molecular weight excluding hydrogens is 274 g/mol. The minimum absolute atomic E-state index is 0.312. The number of likely N-dealkylation sites (tertiary alicyclic amines) is 1. The highest BCUT2D eigenvalue weighted by molar-refractivity contribution is 5.97. The predicted octanol–water partition coefficient (Wildman–Crippen LogP) is 1.26. The van der Waals surface area contributed by atoms with Crippen molar-refractivity contribution in [3.05, 3.63) is 29.8 Å². The molecule has 0 saturated carbocycles. The first kappa shape index (κ1) is 14.8. The van der Waals surface area contributed by atoms with E-state index in [0.717, 1.165) is 12.8 Å². The van der Waals surface area contributed by atoms with Crippen molar-refractivity contribution >= 4 is 23.6 Å². The van der Waals surface area contributed by atoms with E-state index in [0.29, 0.717) is 24.2 Å². The first-order valence-corrected chi connectivity index (χ1v) is 6.69. The van der Waals surface area contributed by atoms with Crippen LogP contribution in [0.2, 0.25) is 0 Å². The lowest BCUT2D eigenvalue weighted by atomic mass is 10.0. The van der Waals surface area contributed by atoms with Crippen LogP contribution in [0.25, 0.3) is 0 Å². The van der Waals surface area contributed by atoms with Crippen molar-refractivity contribution in [2.75, 3.05) is 11.9 Å². The SMILES string of the molecule is NC(=O)Nc1ccc(C(=O)N2CCCC[C@@H]2C(=O)O)cc1. The Morgan fingerprint density at radius 3 is 2.43 bits per heavy atom. The first-order valence-electron chi connectivity index (χ1n) is 6.69. The Morgan fingerprint density at radius 2 is 1.86 bits per heavy atom. The Balaban J connectivity index is 2.14. The van der Waals surface area contributed by atoms with Crippen LogP contribution >= 0.6 is 0 Å². The number of carboxylic acid groups (broad SMARTS) is 1. The van der Waals surface area contributed by atoms with Crippen LogP contribution in [0.4, 0.5) is 10.5 Å². The number of nitrogens with one attached hydrogen (secondary N) is 1. The number of rotatable bonds is 3. The Labute approximate surface area is 121 Å². The van der Waals surface area contributed by atoms with E-state index >= 15 is 0 Å². The Hall–Kier alpha value is -2.57. The number of carboxylic acids is 1. The van der Waals surface area contributed by atoms with E-state index in [2.05, 4.69) is 5.32 Å². The van der Waals surface area contributed by atoms with Gasteiger partial charge in [-0.3, -0.25) is 4.79 Å². The molecule has 0 radical (unpaired) electrons. The van der Waals surface area contributed by atoms with Gasteiger partial charge in [0.05, 0.1) is 0 Å². The maximum atomic E-state index is 12.4.